The van der Waals surface area contributed by atoms with E-state index < -0.39 is 0 Å². The minimum atomic E-state index is -0.0540. The molecule has 3 rings (SSSR count). The van der Waals surface area contributed by atoms with Gasteiger partial charge in [0.15, 0.2) is 11.5 Å². The number of thiocarbonyl (C=S) groups is 1. The lowest BCUT2D eigenvalue weighted by Gasteiger charge is -2.18. The van der Waals surface area contributed by atoms with Gasteiger partial charge in [0.25, 0.3) is 5.91 Å². The maximum atomic E-state index is 12.8. The highest BCUT2D eigenvalue weighted by Gasteiger charge is 2.34. The average Bonchev–Trinajstić information content (AvgIpc) is 3.27. The summed E-state index contributed by atoms with van der Waals surface area (Å²) < 4.78 is 17.5. The average molecular weight is 422 g/mol. The number of thioether (sulfide) groups is 1. The SMILES string of the molecule is COc1cc(/C=C2\SC(=S)N(C[C@@H]3CCCO3)C2=O)ccc1OCCC(C)C. The van der Waals surface area contributed by atoms with Gasteiger partial charge < -0.3 is 14.2 Å². The van der Waals surface area contributed by atoms with Crippen LogP contribution in [0.1, 0.15) is 38.7 Å². The molecule has 0 radical (unpaired) electrons. The first-order valence-corrected chi connectivity index (χ1v) is 10.9. The van der Waals surface area contributed by atoms with Gasteiger partial charge in [-0.05, 0) is 49.0 Å². The lowest BCUT2D eigenvalue weighted by molar-refractivity contribution is -0.123. The maximum absolute atomic E-state index is 12.8. The van der Waals surface area contributed by atoms with Gasteiger partial charge in [-0.25, -0.2) is 0 Å². The number of amides is 1. The molecule has 5 nitrogen and oxygen atoms in total. The summed E-state index contributed by atoms with van der Waals surface area (Å²) in [7, 11) is 1.62. The minimum Gasteiger partial charge on any atom is -0.493 e. The third-order valence-corrected chi connectivity index (χ3v) is 6.10. The molecule has 0 aliphatic carbocycles. The molecule has 1 atom stereocenters. The van der Waals surface area contributed by atoms with Crippen LogP contribution in [0, 0.1) is 5.92 Å². The van der Waals surface area contributed by atoms with Gasteiger partial charge in [-0.2, -0.15) is 0 Å². The van der Waals surface area contributed by atoms with Crippen molar-refractivity contribution in [2.24, 2.45) is 5.92 Å². The predicted molar refractivity (Wildman–Crippen MR) is 117 cm³/mol. The van der Waals surface area contributed by atoms with E-state index in [1.807, 2.05) is 24.3 Å². The lowest BCUT2D eigenvalue weighted by Crippen LogP contribution is -2.35. The smallest absolute Gasteiger partial charge is 0.266 e. The highest BCUT2D eigenvalue weighted by Crippen LogP contribution is 2.35. The van der Waals surface area contributed by atoms with Crippen LogP contribution in [0.25, 0.3) is 6.08 Å². The second-order valence-electron chi connectivity index (χ2n) is 7.37. The van der Waals surface area contributed by atoms with E-state index in [-0.39, 0.29) is 12.0 Å². The molecule has 2 aliphatic rings. The number of carbonyl (C=O) groups is 1. The summed E-state index contributed by atoms with van der Waals surface area (Å²) in [4.78, 5) is 15.1. The molecular weight excluding hydrogens is 394 g/mol. The number of nitrogens with zero attached hydrogens (tertiary/aromatic N) is 1. The van der Waals surface area contributed by atoms with Crippen LogP contribution >= 0.6 is 24.0 Å². The van der Waals surface area contributed by atoms with Crippen molar-refractivity contribution in [3.05, 3.63) is 28.7 Å². The van der Waals surface area contributed by atoms with Crippen molar-refractivity contribution >= 4 is 40.3 Å². The first kappa shape index (κ1) is 21.1. The largest absolute Gasteiger partial charge is 0.493 e. The van der Waals surface area contributed by atoms with Crippen molar-refractivity contribution in [1.29, 1.82) is 0 Å². The summed E-state index contributed by atoms with van der Waals surface area (Å²) in [5.74, 6) is 1.90. The van der Waals surface area contributed by atoms with Crippen molar-refractivity contribution in [2.45, 2.75) is 39.2 Å². The van der Waals surface area contributed by atoms with Gasteiger partial charge in [0.05, 0.1) is 31.3 Å². The maximum Gasteiger partial charge on any atom is 0.266 e. The number of hydrogen-bond acceptors (Lipinski definition) is 6. The third-order valence-electron chi connectivity index (χ3n) is 4.72. The third kappa shape index (κ3) is 5.27. The van der Waals surface area contributed by atoms with E-state index in [2.05, 4.69) is 13.8 Å². The van der Waals surface area contributed by atoms with Crippen molar-refractivity contribution in [2.75, 3.05) is 26.9 Å². The zero-order valence-electron chi connectivity index (χ0n) is 16.6. The number of rotatable bonds is 8. The molecule has 1 aromatic rings. The molecule has 0 aromatic heterocycles. The molecule has 0 N–H and O–H groups in total. The number of benzene rings is 1. The quantitative estimate of drug-likeness (QED) is 0.455. The van der Waals surface area contributed by atoms with Crippen LogP contribution in [0.15, 0.2) is 23.1 Å². The highest BCUT2D eigenvalue weighted by molar-refractivity contribution is 8.26. The summed E-state index contributed by atoms with van der Waals surface area (Å²) in [6.07, 6.45) is 4.95. The van der Waals surface area contributed by atoms with Gasteiger partial charge in [0, 0.05) is 6.61 Å². The summed E-state index contributed by atoms with van der Waals surface area (Å²) in [5, 5.41) is 0. The molecule has 1 aromatic carbocycles. The van der Waals surface area contributed by atoms with E-state index in [1.165, 1.54) is 11.8 Å². The Morgan fingerprint density at radius 3 is 2.89 bits per heavy atom. The summed E-state index contributed by atoms with van der Waals surface area (Å²) in [6.45, 7) is 6.28. The molecule has 2 heterocycles. The Balaban J connectivity index is 1.70. The first-order valence-electron chi connectivity index (χ1n) is 9.65. The Kier molecular flexibility index (Phi) is 7.37. The lowest BCUT2D eigenvalue weighted by atomic mass is 10.1. The molecule has 0 spiro atoms. The van der Waals surface area contributed by atoms with E-state index in [4.69, 9.17) is 26.4 Å². The fourth-order valence-corrected chi connectivity index (χ4v) is 4.37. The second kappa shape index (κ2) is 9.76. The van der Waals surface area contributed by atoms with E-state index in [9.17, 15) is 4.79 Å². The van der Waals surface area contributed by atoms with Gasteiger partial charge >= 0.3 is 0 Å². The van der Waals surface area contributed by atoms with Crippen molar-refractivity contribution < 1.29 is 19.0 Å². The van der Waals surface area contributed by atoms with Crippen molar-refractivity contribution in [1.82, 2.24) is 4.90 Å². The molecule has 0 bridgehead atoms. The predicted octanol–water partition coefficient (Wildman–Crippen LogP) is 4.50. The summed E-state index contributed by atoms with van der Waals surface area (Å²) in [6, 6.07) is 5.70. The van der Waals surface area contributed by atoms with Crippen LogP contribution in [0.4, 0.5) is 0 Å². The van der Waals surface area contributed by atoms with Gasteiger partial charge in [-0.3, -0.25) is 9.69 Å². The molecule has 152 valence electrons. The monoisotopic (exact) mass is 421 g/mol. The molecular formula is C21H27NO4S2. The number of ether oxygens (including phenoxy) is 3. The second-order valence-corrected chi connectivity index (χ2v) is 9.04. The van der Waals surface area contributed by atoms with E-state index in [0.717, 1.165) is 31.4 Å². The van der Waals surface area contributed by atoms with Crippen LogP contribution in [0.2, 0.25) is 0 Å². The fourth-order valence-electron chi connectivity index (χ4n) is 3.10. The highest BCUT2D eigenvalue weighted by atomic mass is 32.2. The van der Waals surface area contributed by atoms with Gasteiger partial charge in [0.1, 0.15) is 4.32 Å². The van der Waals surface area contributed by atoms with Gasteiger partial charge in [-0.1, -0.05) is 43.9 Å². The molecule has 2 aliphatic heterocycles. The van der Waals surface area contributed by atoms with Gasteiger partial charge in [0.2, 0.25) is 0 Å². The Labute approximate surface area is 176 Å². The van der Waals surface area contributed by atoms with Crippen molar-refractivity contribution in [3.8, 4) is 11.5 Å². The molecule has 0 unspecified atom stereocenters. The van der Waals surface area contributed by atoms with Crippen molar-refractivity contribution in [3.63, 3.8) is 0 Å². The Morgan fingerprint density at radius 2 is 2.21 bits per heavy atom. The van der Waals surface area contributed by atoms with E-state index in [1.54, 1.807) is 12.0 Å². The van der Waals surface area contributed by atoms with Crippen LogP contribution in [0.3, 0.4) is 0 Å². The molecule has 2 saturated heterocycles. The summed E-state index contributed by atoms with van der Waals surface area (Å²) >= 11 is 6.75. The topological polar surface area (TPSA) is 48.0 Å². The molecule has 2 fully saturated rings. The van der Waals surface area contributed by atoms with Gasteiger partial charge in [-0.15, -0.1) is 0 Å². The molecule has 0 saturated carbocycles. The van der Waals surface area contributed by atoms with Crippen LogP contribution in [-0.4, -0.2) is 48.1 Å². The molecule has 28 heavy (non-hydrogen) atoms. The molecule has 7 heteroatoms. The number of hydrogen-bond donors (Lipinski definition) is 0. The van der Waals surface area contributed by atoms with Crippen LogP contribution in [-0.2, 0) is 9.53 Å². The standard InChI is InChI=1S/C21H27NO4S2/c1-14(2)8-10-26-17-7-6-15(11-18(17)24-3)12-19-20(23)22(21(27)28-19)13-16-5-4-9-25-16/h6-7,11-12,14,16H,4-5,8-10,13H2,1-3H3/b19-12-/t16-/m0/s1. The van der Waals surface area contributed by atoms with E-state index >= 15 is 0 Å². The number of methoxy groups -OCH3 is 1. The number of carbonyl (C=O) groups excluding carboxylic acids is 1. The normalized spacial score (nSPS) is 21.2. The first-order chi connectivity index (χ1) is 13.5. The van der Waals surface area contributed by atoms with Crippen LogP contribution < -0.4 is 9.47 Å². The summed E-state index contributed by atoms with van der Waals surface area (Å²) in [5.41, 5.74) is 0.880. The molecule has 1 amide bonds. The van der Waals surface area contributed by atoms with Crippen LogP contribution in [0.5, 0.6) is 11.5 Å². The Hall–Kier alpha value is -1.57. The fraction of sp³-hybridized carbons (Fsp3) is 0.524. The zero-order valence-corrected chi connectivity index (χ0v) is 18.2. The minimum absolute atomic E-state index is 0.0540. The van der Waals surface area contributed by atoms with E-state index in [0.29, 0.717) is 39.8 Å². The Bertz CT molecular complexity index is 757. The zero-order chi connectivity index (χ0) is 20.1. The Morgan fingerprint density at radius 1 is 1.39 bits per heavy atom.